The van der Waals surface area contributed by atoms with Crippen molar-refractivity contribution in [3.8, 4) is 5.69 Å². The van der Waals surface area contributed by atoms with Crippen molar-refractivity contribution in [3.05, 3.63) is 40.5 Å². The molecule has 0 aliphatic carbocycles. The van der Waals surface area contributed by atoms with Crippen molar-refractivity contribution >= 4 is 0 Å². The van der Waals surface area contributed by atoms with Gasteiger partial charge in [-0.3, -0.25) is 0 Å². The molecule has 1 heterocycles. The molecule has 1 aromatic heterocycles. The van der Waals surface area contributed by atoms with Gasteiger partial charge in [0.25, 0.3) is 0 Å². The molecule has 0 atom stereocenters. The predicted molar refractivity (Wildman–Crippen MR) is 41.2 cm³/mol. The van der Waals surface area contributed by atoms with Crippen molar-refractivity contribution in [3.63, 3.8) is 0 Å². The summed E-state index contributed by atoms with van der Waals surface area (Å²) in [6.45, 7) is 0. The number of nitrogens with zero attached hydrogens (tertiary/aromatic N) is 2. The van der Waals surface area contributed by atoms with Crippen molar-refractivity contribution in [2.75, 3.05) is 0 Å². The zero-order valence-corrected chi connectivity index (χ0v) is 8.45. The van der Waals surface area contributed by atoms with Crippen LogP contribution in [0.25, 0.3) is 5.69 Å². The molecular weight excluding hydrogens is 333 g/mol. The van der Waals surface area contributed by atoms with E-state index in [4.69, 9.17) is 0 Å². The first-order chi connectivity index (χ1) is 5.88. The quantitative estimate of drug-likeness (QED) is 0.834. The summed E-state index contributed by atoms with van der Waals surface area (Å²) in [4.78, 5) is 0. The summed E-state index contributed by atoms with van der Waals surface area (Å²) in [6.07, 6.45) is 1.76. The molecule has 2 rings (SSSR count). The second kappa shape index (κ2) is 3.19. The molecule has 0 radical (unpaired) electrons. The summed E-state index contributed by atoms with van der Waals surface area (Å²) in [5, 5.41) is 6.80. The van der Waals surface area contributed by atoms with Crippen LogP contribution in [0.15, 0.2) is 36.7 Å². The Bertz CT molecular complexity index is 415. The van der Waals surface area contributed by atoms with Crippen LogP contribution in [0.2, 0.25) is 0 Å². The Hall–Kier alpha value is -0.952. The molecule has 1 N–H and O–H groups in total. The number of aromatic nitrogens is 3. The molecule has 0 saturated heterocycles. The van der Waals surface area contributed by atoms with Crippen molar-refractivity contribution in [1.82, 2.24) is 14.8 Å². The Balaban J connectivity index is 2.59. The average molecular weight is 340 g/mol. The summed E-state index contributed by atoms with van der Waals surface area (Å²) in [5.74, 6) is 0. The molecule has 4 heteroatoms. The van der Waals surface area contributed by atoms with Crippen LogP contribution in [0.5, 0.6) is 0 Å². The maximum atomic E-state index is 3.93. The van der Waals surface area contributed by atoms with E-state index in [2.05, 4.69) is 29.6 Å². The second-order valence-corrected chi connectivity index (χ2v) is 3.40. The van der Waals surface area contributed by atoms with Gasteiger partial charge in [-0.05, 0) is 0 Å². The van der Waals surface area contributed by atoms with Crippen LogP contribution < -0.4 is 0 Å². The molecule has 0 aliphatic heterocycles. The van der Waals surface area contributed by atoms with Crippen LogP contribution in [-0.4, -0.2) is 14.8 Å². The van der Waals surface area contributed by atoms with Gasteiger partial charge in [-0.2, -0.15) is 0 Å². The van der Waals surface area contributed by atoms with Gasteiger partial charge in [0.15, 0.2) is 0 Å². The van der Waals surface area contributed by atoms with Gasteiger partial charge in [0.1, 0.15) is 0 Å². The molecule has 0 bridgehead atoms. The number of hydrogen-bond acceptors (Lipinski definition) is 1. The maximum absolute atomic E-state index is 3.93. The first kappa shape index (κ1) is 7.68. The number of benzene rings is 1. The fourth-order valence-electron chi connectivity index (χ4n) is 0.998. The minimum atomic E-state index is 1.00. The standard InChI is InChI=1S/C8H7N3.Pt/c1-2-4-8(5-3-1)11-6-9-10-7-11;/h1-6,10H;. The molecule has 0 amide bonds. The van der Waals surface area contributed by atoms with Gasteiger partial charge >= 0.3 is 80.3 Å². The number of aromatic amines is 1. The molecule has 0 saturated carbocycles. The second-order valence-electron chi connectivity index (χ2n) is 2.32. The van der Waals surface area contributed by atoms with Crippen LogP contribution in [0.3, 0.4) is 0 Å². The average Bonchev–Trinajstić information content (AvgIpc) is 2.53. The summed E-state index contributed by atoms with van der Waals surface area (Å²) in [7, 11) is 0. The topological polar surface area (TPSA) is 33.6 Å². The van der Waals surface area contributed by atoms with Gasteiger partial charge in [-0.1, -0.05) is 0 Å². The summed E-state index contributed by atoms with van der Waals surface area (Å²) >= 11 is 2.19. The normalized spacial score (nSPS) is 10.2. The third-order valence-corrected chi connectivity index (χ3v) is 2.36. The van der Waals surface area contributed by atoms with E-state index in [1.54, 1.807) is 6.33 Å². The molecule has 64 valence electrons. The van der Waals surface area contributed by atoms with E-state index in [0.29, 0.717) is 0 Å². The third kappa shape index (κ3) is 1.32. The van der Waals surface area contributed by atoms with Gasteiger partial charge < -0.3 is 0 Å². The number of nitrogens with one attached hydrogen (secondary N) is 1. The van der Waals surface area contributed by atoms with E-state index in [1.807, 2.05) is 34.9 Å². The van der Waals surface area contributed by atoms with Crippen LogP contribution in [-0.2, 0) is 19.4 Å². The van der Waals surface area contributed by atoms with E-state index < -0.39 is 0 Å². The minimum absolute atomic E-state index is 1.00. The molecule has 3 nitrogen and oxygen atoms in total. The van der Waals surface area contributed by atoms with E-state index in [9.17, 15) is 0 Å². The van der Waals surface area contributed by atoms with Crippen LogP contribution in [0, 0.1) is 3.80 Å². The Kier molecular flexibility index (Phi) is 2.05. The van der Waals surface area contributed by atoms with Crippen LogP contribution >= 0.6 is 0 Å². The van der Waals surface area contributed by atoms with E-state index in [1.165, 1.54) is 0 Å². The van der Waals surface area contributed by atoms with Crippen molar-refractivity contribution < 1.29 is 19.4 Å². The van der Waals surface area contributed by atoms with Crippen molar-refractivity contribution in [1.29, 1.82) is 0 Å². The van der Waals surface area contributed by atoms with E-state index in [-0.39, 0.29) is 0 Å². The van der Waals surface area contributed by atoms with Gasteiger partial charge in [0.05, 0.1) is 0 Å². The van der Waals surface area contributed by atoms with Crippen LogP contribution in [0.1, 0.15) is 0 Å². The Labute approximate surface area is 80.5 Å². The molecule has 0 unspecified atom stereocenters. The number of para-hydroxylation sites is 1. The van der Waals surface area contributed by atoms with Gasteiger partial charge in [-0.15, -0.1) is 0 Å². The third-order valence-electron chi connectivity index (χ3n) is 1.55. The molecule has 0 spiro atoms. The molecule has 1 aromatic carbocycles. The fraction of sp³-hybridized carbons (Fsp3) is 0. The SMILES string of the molecule is [Pt]=[c]1[nH]ncn1-c1ccccc1. The molecule has 0 fully saturated rings. The number of hydrogen-bond donors (Lipinski definition) is 1. The summed E-state index contributed by atoms with van der Waals surface area (Å²) < 4.78 is 2.99. The zero-order valence-electron chi connectivity index (χ0n) is 6.17. The van der Waals surface area contributed by atoms with Gasteiger partial charge in [0.2, 0.25) is 0 Å². The molecule has 2 aromatic rings. The number of rotatable bonds is 1. The monoisotopic (exact) mass is 340 g/mol. The first-order valence-corrected chi connectivity index (χ1v) is 4.64. The fourth-order valence-corrected chi connectivity index (χ4v) is 1.57. The van der Waals surface area contributed by atoms with E-state index >= 15 is 0 Å². The molecule has 12 heavy (non-hydrogen) atoms. The summed E-state index contributed by atoms with van der Waals surface area (Å²) in [6, 6.07) is 10.1. The van der Waals surface area contributed by atoms with Crippen LogP contribution in [0.4, 0.5) is 0 Å². The van der Waals surface area contributed by atoms with Crippen molar-refractivity contribution in [2.24, 2.45) is 0 Å². The van der Waals surface area contributed by atoms with E-state index in [0.717, 1.165) is 9.49 Å². The molecular formula is C8H7N3Pt. The molecule has 0 aliphatic rings. The van der Waals surface area contributed by atoms with Gasteiger partial charge in [0, 0.05) is 0 Å². The Morgan fingerprint density at radius 1 is 1.25 bits per heavy atom. The summed E-state index contributed by atoms with van der Waals surface area (Å²) in [5.41, 5.74) is 1.12. The van der Waals surface area contributed by atoms with Gasteiger partial charge in [-0.25, -0.2) is 0 Å². The number of H-pyrrole nitrogens is 1. The Morgan fingerprint density at radius 3 is 2.58 bits per heavy atom. The first-order valence-electron chi connectivity index (χ1n) is 3.51. The zero-order chi connectivity index (χ0) is 8.39. The Morgan fingerprint density at radius 2 is 2.00 bits per heavy atom. The van der Waals surface area contributed by atoms with Crippen molar-refractivity contribution in [2.45, 2.75) is 0 Å². The predicted octanol–water partition coefficient (Wildman–Crippen LogP) is 1.28.